The Morgan fingerprint density at radius 2 is 2.18 bits per heavy atom. The van der Waals surface area contributed by atoms with Gasteiger partial charge in [0, 0.05) is 24.7 Å². The zero-order valence-corrected chi connectivity index (χ0v) is 18.2. The summed E-state index contributed by atoms with van der Waals surface area (Å²) in [4.78, 5) is 21.8. The number of fused-ring (bicyclic) bond motifs is 3. The number of benzene rings is 1. The van der Waals surface area contributed by atoms with Gasteiger partial charge < -0.3 is 25.5 Å². The highest BCUT2D eigenvalue weighted by Gasteiger charge is 2.28. The zero-order chi connectivity index (χ0) is 22.8. The molecule has 1 aromatic carbocycles. The summed E-state index contributed by atoms with van der Waals surface area (Å²) in [7, 11) is 0. The van der Waals surface area contributed by atoms with Gasteiger partial charge in [-0.1, -0.05) is 0 Å². The molecule has 1 saturated heterocycles. The lowest BCUT2D eigenvalue weighted by molar-refractivity contribution is 0.0490. The lowest BCUT2D eigenvalue weighted by atomic mass is 9.96. The van der Waals surface area contributed by atoms with Gasteiger partial charge in [-0.2, -0.15) is 5.26 Å². The summed E-state index contributed by atoms with van der Waals surface area (Å²) in [5.74, 6) is 1.92. The summed E-state index contributed by atoms with van der Waals surface area (Å²) in [6.07, 6.45) is 3.50. The van der Waals surface area contributed by atoms with Crippen LogP contribution in [0.5, 0.6) is 11.5 Å². The monoisotopic (exact) mass is 446 g/mol. The first-order valence-electron chi connectivity index (χ1n) is 11.2. The van der Waals surface area contributed by atoms with Crippen molar-refractivity contribution >= 4 is 22.6 Å². The van der Waals surface area contributed by atoms with Gasteiger partial charge in [0.15, 0.2) is 11.5 Å². The summed E-state index contributed by atoms with van der Waals surface area (Å²) < 4.78 is 12.3. The second kappa shape index (κ2) is 9.00. The lowest BCUT2D eigenvalue weighted by Gasteiger charge is -2.35. The first-order valence-corrected chi connectivity index (χ1v) is 11.2. The standard InChI is InChI=1S/C24H26N6O3/c25-11-16-10-19-20(29-16)3-4-21-22(19)33-17(14-32-21)13-30-8-5-15(6-9-30)12-28-24(31)18-2-1-7-27-23(18)26/h1-4,7,10,15,17,29H,5-6,8-9,12-14H2,(H2,26,27)(H,28,31). The summed E-state index contributed by atoms with van der Waals surface area (Å²) in [5, 5.41) is 13.0. The zero-order valence-electron chi connectivity index (χ0n) is 18.2. The van der Waals surface area contributed by atoms with E-state index in [0.717, 1.165) is 43.4 Å². The molecule has 2 aromatic heterocycles. The molecule has 0 spiro atoms. The summed E-state index contributed by atoms with van der Waals surface area (Å²) >= 11 is 0. The number of nitrogen functional groups attached to an aromatic ring is 1. The van der Waals surface area contributed by atoms with E-state index in [0.29, 0.717) is 41.8 Å². The van der Waals surface area contributed by atoms with Gasteiger partial charge in [0.1, 0.15) is 30.3 Å². The van der Waals surface area contributed by atoms with E-state index in [4.69, 9.17) is 15.2 Å². The highest BCUT2D eigenvalue weighted by molar-refractivity contribution is 5.98. The Morgan fingerprint density at radius 1 is 1.33 bits per heavy atom. The number of nitriles is 1. The van der Waals surface area contributed by atoms with Gasteiger partial charge in [0.2, 0.25) is 0 Å². The maximum Gasteiger partial charge on any atom is 0.255 e. The number of rotatable bonds is 5. The molecule has 1 atom stereocenters. The molecule has 9 heteroatoms. The van der Waals surface area contributed by atoms with Gasteiger partial charge in [0.25, 0.3) is 5.91 Å². The highest BCUT2D eigenvalue weighted by atomic mass is 16.6. The van der Waals surface area contributed by atoms with E-state index in [-0.39, 0.29) is 17.8 Å². The number of carbonyl (C=O) groups is 1. The van der Waals surface area contributed by atoms with Gasteiger partial charge in [-0.05, 0) is 62.2 Å². The Bertz CT molecular complexity index is 1210. The number of carbonyl (C=O) groups excluding carboxylic acids is 1. The molecule has 2 aliphatic heterocycles. The molecule has 0 radical (unpaired) electrons. The van der Waals surface area contributed by atoms with Crippen molar-refractivity contribution in [3.63, 3.8) is 0 Å². The Labute approximate surface area is 191 Å². The first-order chi connectivity index (χ1) is 16.1. The molecule has 1 amide bonds. The van der Waals surface area contributed by atoms with Crippen LogP contribution in [0.15, 0.2) is 36.5 Å². The van der Waals surface area contributed by atoms with Crippen molar-refractivity contribution in [3.05, 3.63) is 47.8 Å². The molecule has 2 aliphatic rings. The number of hydrogen-bond acceptors (Lipinski definition) is 7. The molecule has 4 N–H and O–H groups in total. The van der Waals surface area contributed by atoms with Crippen molar-refractivity contribution in [1.29, 1.82) is 5.26 Å². The van der Waals surface area contributed by atoms with Crippen molar-refractivity contribution in [2.75, 3.05) is 38.5 Å². The van der Waals surface area contributed by atoms with E-state index in [2.05, 4.69) is 26.3 Å². The molecule has 1 fully saturated rings. The van der Waals surface area contributed by atoms with Gasteiger partial charge in [-0.15, -0.1) is 0 Å². The number of pyridine rings is 1. The van der Waals surface area contributed by atoms with Crippen molar-refractivity contribution in [3.8, 4) is 17.6 Å². The molecule has 0 saturated carbocycles. The summed E-state index contributed by atoms with van der Waals surface area (Å²) in [6.45, 7) is 3.78. The van der Waals surface area contributed by atoms with E-state index in [9.17, 15) is 10.1 Å². The van der Waals surface area contributed by atoms with Crippen LogP contribution in [0.3, 0.4) is 0 Å². The molecule has 170 valence electrons. The molecular formula is C24H26N6O3. The van der Waals surface area contributed by atoms with Crippen LogP contribution in [0, 0.1) is 17.2 Å². The van der Waals surface area contributed by atoms with Crippen molar-refractivity contribution in [2.45, 2.75) is 18.9 Å². The van der Waals surface area contributed by atoms with Crippen LogP contribution in [0.1, 0.15) is 28.9 Å². The fourth-order valence-electron chi connectivity index (χ4n) is 4.53. The largest absolute Gasteiger partial charge is 0.486 e. The Balaban J connectivity index is 1.13. The van der Waals surface area contributed by atoms with Crippen molar-refractivity contribution in [2.24, 2.45) is 5.92 Å². The number of nitrogens with zero attached hydrogens (tertiary/aromatic N) is 3. The van der Waals surface area contributed by atoms with Gasteiger partial charge in [-0.3, -0.25) is 9.69 Å². The number of nitrogens with two attached hydrogens (primary N) is 1. The van der Waals surface area contributed by atoms with Crippen LogP contribution in [0.4, 0.5) is 5.82 Å². The van der Waals surface area contributed by atoms with Crippen LogP contribution in [0.2, 0.25) is 0 Å². The van der Waals surface area contributed by atoms with E-state index < -0.39 is 0 Å². The number of hydrogen-bond donors (Lipinski definition) is 3. The predicted molar refractivity (Wildman–Crippen MR) is 123 cm³/mol. The number of amides is 1. The van der Waals surface area contributed by atoms with Gasteiger partial charge in [0.05, 0.1) is 11.1 Å². The number of ether oxygens (including phenoxy) is 2. The minimum Gasteiger partial charge on any atom is -0.486 e. The molecule has 5 rings (SSSR count). The van der Waals surface area contributed by atoms with Crippen molar-refractivity contribution in [1.82, 2.24) is 20.2 Å². The van der Waals surface area contributed by atoms with E-state index in [1.807, 2.05) is 12.1 Å². The average Bonchev–Trinajstić information content (AvgIpc) is 3.28. The molecule has 3 aromatic rings. The minimum atomic E-state index is -0.176. The van der Waals surface area contributed by atoms with Crippen LogP contribution in [-0.2, 0) is 0 Å². The third-order valence-corrected chi connectivity index (χ3v) is 6.35. The molecule has 9 nitrogen and oxygen atoms in total. The van der Waals surface area contributed by atoms with E-state index in [1.165, 1.54) is 0 Å². The normalized spacial score (nSPS) is 18.7. The second-order valence-electron chi connectivity index (χ2n) is 8.59. The molecule has 1 unspecified atom stereocenters. The van der Waals surface area contributed by atoms with Gasteiger partial charge in [-0.25, -0.2) is 4.98 Å². The summed E-state index contributed by atoms with van der Waals surface area (Å²) in [6, 6.07) is 11.1. The van der Waals surface area contributed by atoms with E-state index in [1.54, 1.807) is 24.4 Å². The van der Waals surface area contributed by atoms with Crippen molar-refractivity contribution < 1.29 is 14.3 Å². The molecule has 4 heterocycles. The first kappa shape index (κ1) is 21.1. The number of aromatic amines is 1. The smallest absolute Gasteiger partial charge is 0.255 e. The van der Waals surface area contributed by atoms with Crippen LogP contribution in [-0.4, -0.2) is 59.7 Å². The quantitative estimate of drug-likeness (QED) is 0.548. The fraction of sp³-hybridized carbons (Fsp3) is 0.375. The topological polar surface area (TPSA) is 129 Å². The Morgan fingerprint density at radius 3 is 2.97 bits per heavy atom. The maximum atomic E-state index is 12.4. The number of H-pyrrole nitrogens is 1. The third kappa shape index (κ3) is 4.43. The highest BCUT2D eigenvalue weighted by Crippen LogP contribution is 2.39. The number of anilines is 1. The maximum absolute atomic E-state index is 12.4. The lowest BCUT2D eigenvalue weighted by Crippen LogP contribution is -2.45. The number of piperidine rings is 1. The fourth-order valence-corrected chi connectivity index (χ4v) is 4.53. The number of nitrogens with one attached hydrogen (secondary N) is 2. The number of aromatic nitrogens is 2. The Kier molecular flexibility index (Phi) is 5.75. The molecule has 0 aliphatic carbocycles. The minimum absolute atomic E-state index is 0.0756. The SMILES string of the molecule is N#Cc1cc2c3c(ccc2[nH]1)OCC(CN1CCC(CNC(=O)c2cccnc2N)CC1)O3. The summed E-state index contributed by atoms with van der Waals surface area (Å²) in [5.41, 5.74) is 7.58. The van der Waals surface area contributed by atoms with Crippen LogP contribution >= 0.6 is 0 Å². The number of likely N-dealkylation sites (tertiary alicyclic amines) is 1. The van der Waals surface area contributed by atoms with Crippen LogP contribution < -0.4 is 20.5 Å². The predicted octanol–water partition coefficient (Wildman–Crippen LogP) is 2.30. The average molecular weight is 447 g/mol. The van der Waals surface area contributed by atoms with E-state index >= 15 is 0 Å². The third-order valence-electron chi connectivity index (χ3n) is 6.35. The second-order valence-corrected chi connectivity index (χ2v) is 8.59. The molecule has 33 heavy (non-hydrogen) atoms. The van der Waals surface area contributed by atoms with Gasteiger partial charge >= 0.3 is 0 Å². The molecule has 0 bridgehead atoms. The Hall–Kier alpha value is -3.77. The molecular weight excluding hydrogens is 420 g/mol. The van der Waals surface area contributed by atoms with Crippen LogP contribution in [0.25, 0.3) is 10.9 Å².